The number of hydrogen-bond acceptors (Lipinski definition) is 6. The summed E-state index contributed by atoms with van der Waals surface area (Å²) in [6.45, 7) is 0.0867. The van der Waals surface area contributed by atoms with Crippen molar-refractivity contribution in [2.45, 2.75) is 6.54 Å². The van der Waals surface area contributed by atoms with E-state index in [0.29, 0.717) is 22.5 Å². The largest absolute Gasteiger partial charge is 0.459 e. The van der Waals surface area contributed by atoms with Crippen LogP contribution in [0.15, 0.2) is 56.7 Å². The van der Waals surface area contributed by atoms with E-state index in [-0.39, 0.29) is 18.0 Å². The Hall–Kier alpha value is -3.29. The van der Waals surface area contributed by atoms with Crippen LogP contribution in [-0.2, 0) is 6.54 Å². The van der Waals surface area contributed by atoms with E-state index in [1.165, 1.54) is 35.4 Å². The summed E-state index contributed by atoms with van der Waals surface area (Å²) in [7, 11) is 0. The van der Waals surface area contributed by atoms with Crippen LogP contribution in [0.1, 0.15) is 5.82 Å². The van der Waals surface area contributed by atoms with Crippen LogP contribution in [0.25, 0.3) is 22.6 Å². The minimum Gasteiger partial charge on any atom is -0.459 e. The van der Waals surface area contributed by atoms with E-state index in [2.05, 4.69) is 15.1 Å². The van der Waals surface area contributed by atoms with Gasteiger partial charge in [0.05, 0.1) is 30.0 Å². The predicted octanol–water partition coefficient (Wildman–Crippen LogP) is 2.23. The molecule has 0 fully saturated rings. The summed E-state index contributed by atoms with van der Waals surface area (Å²) >= 11 is 0. The molecular weight excluding hydrogens is 303 g/mol. The Labute approximate surface area is 128 Å². The average Bonchev–Trinajstić information content (AvgIpc) is 3.21. The van der Waals surface area contributed by atoms with Crippen LogP contribution in [0, 0.1) is 5.82 Å². The highest BCUT2D eigenvalue weighted by Gasteiger charge is 2.13. The number of halogens is 1. The van der Waals surface area contributed by atoms with Crippen LogP contribution in [0.2, 0.25) is 0 Å². The van der Waals surface area contributed by atoms with E-state index in [1.807, 2.05) is 0 Å². The molecule has 8 heteroatoms. The standard InChI is InChI=1S/C15H9FN4O3/c16-9-3-4-10-11(6-9)17-8-20(15(10)21)7-13-18-14(23-19-13)12-2-1-5-22-12/h1-6,8H,7H2. The molecule has 23 heavy (non-hydrogen) atoms. The molecule has 0 aliphatic heterocycles. The summed E-state index contributed by atoms with van der Waals surface area (Å²) in [5.74, 6) is 0.544. The molecule has 0 amide bonds. The molecule has 0 bridgehead atoms. The summed E-state index contributed by atoms with van der Waals surface area (Å²) in [6.07, 6.45) is 2.82. The lowest BCUT2D eigenvalue weighted by Crippen LogP contribution is -2.21. The number of furan rings is 1. The Morgan fingerprint density at radius 1 is 1.26 bits per heavy atom. The van der Waals surface area contributed by atoms with Crippen molar-refractivity contribution < 1.29 is 13.3 Å². The van der Waals surface area contributed by atoms with Gasteiger partial charge in [0.25, 0.3) is 11.4 Å². The van der Waals surface area contributed by atoms with Gasteiger partial charge in [0, 0.05) is 6.07 Å². The van der Waals surface area contributed by atoms with Gasteiger partial charge in [-0.3, -0.25) is 9.36 Å². The minimum atomic E-state index is -0.441. The quantitative estimate of drug-likeness (QED) is 0.576. The highest BCUT2D eigenvalue weighted by Crippen LogP contribution is 2.17. The van der Waals surface area contributed by atoms with Gasteiger partial charge >= 0.3 is 0 Å². The van der Waals surface area contributed by atoms with Gasteiger partial charge in [-0.25, -0.2) is 9.37 Å². The molecule has 0 aliphatic rings. The molecule has 0 saturated heterocycles. The summed E-state index contributed by atoms with van der Waals surface area (Å²) in [5.41, 5.74) is -0.00464. The predicted molar refractivity (Wildman–Crippen MR) is 77.1 cm³/mol. The zero-order valence-electron chi connectivity index (χ0n) is 11.6. The van der Waals surface area contributed by atoms with Gasteiger partial charge in [-0.15, -0.1) is 0 Å². The third-order valence-electron chi connectivity index (χ3n) is 3.30. The number of aromatic nitrogens is 4. The van der Waals surface area contributed by atoms with Crippen molar-refractivity contribution in [1.82, 2.24) is 19.7 Å². The van der Waals surface area contributed by atoms with Gasteiger partial charge in [0.1, 0.15) is 5.82 Å². The van der Waals surface area contributed by atoms with E-state index in [1.54, 1.807) is 12.1 Å². The molecule has 0 radical (unpaired) electrons. The van der Waals surface area contributed by atoms with Gasteiger partial charge in [0.15, 0.2) is 11.6 Å². The number of nitrogens with zero attached hydrogens (tertiary/aromatic N) is 4. The summed E-state index contributed by atoms with van der Waals surface area (Å²) in [5, 5.41) is 4.13. The lowest BCUT2D eigenvalue weighted by molar-refractivity contribution is 0.407. The fourth-order valence-corrected chi connectivity index (χ4v) is 2.22. The zero-order chi connectivity index (χ0) is 15.8. The molecule has 0 spiro atoms. The molecule has 3 heterocycles. The van der Waals surface area contributed by atoms with Crippen molar-refractivity contribution in [1.29, 1.82) is 0 Å². The van der Waals surface area contributed by atoms with Gasteiger partial charge in [0.2, 0.25) is 0 Å². The molecule has 3 aromatic heterocycles. The second-order valence-electron chi connectivity index (χ2n) is 4.83. The van der Waals surface area contributed by atoms with Crippen LogP contribution in [0.4, 0.5) is 4.39 Å². The highest BCUT2D eigenvalue weighted by atomic mass is 19.1. The van der Waals surface area contributed by atoms with Crippen molar-refractivity contribution >= 4 is 10.9 Å². The maximum Gasteiger partial charge on any atom is 0.293 e. The molecule has 1 aromatic carbocycles. The molecule has 0 unspecified atom stereocenters. The Bertz CT molecular complexity index is 1040. The van der Waals surface area contributed by atoms with Crippen LogP contribution < -0.4 is 5.56 Å². The minimum absolute atomic E-state index is 0.0867. The maximum absolute atomic E-state index is 13.2. The van der Waals surface area contributed by atoms with E-state index in [0.717, 1.165) is 0 Å². The second kappa shape index (κ2) is 5.16. The van der Waals surface area contributed by atoms with Gasteiger partial charge in [-0.2, -0.15) is 4.98 Å². The first-order chi connectivity index (χ1) is 11.2. The molecule has 0 saturated carbocycles. The molecule has 4 aromatic rings. The number of fused-ring (bicyclic) bond motifs is 1. The van der Waals surface area contributed by atoms with Crippen molar-refractivity contribution in [3.8, 4) is 11.7 Å². The Balaban J connectivity index is 1.69. The Kier molecular flexibility index (Phi) is 3.00. The summed E-state index contributed by atoms with van der Waals surface area (Å²) < 4.78 is 24.7. The maximum atomic E-state index is 13.2. The summed E-state index contributed by atoms with van der Waals surface area (Å²) in [6, 6.07) is 7.23. The van der Waals surface area contributed by atoms with Crippen LogP contribution in [0.5, 0.6) is 0 Å². The second-order valence-corrected chi connectivity index (χ2v) is 4.83. The van der Waals surface area contributed by atoms with E-state index in [9.17, 15) is 9.18 Å². The molecule has 0 atom stereocenters. The Morgan fingerprint density at radius 2 is 2.17 bits per heavy atom. The molecular formula is C15H9FN4O3. The van der Waals surface area contributed by atoms with E-state index >= 15 is 0 Å². The van der Waals surface area contributed by atoms with Gasteiger partial charge in [-0.05, 0) is 24.3 Å². The molecule has 114 valence electrons. The van der Waals surface area contributed by atoms with Crippen LogP contribution in [0.3, 0.4) is 0 Å². The van der Waals surface area contributed by atoms with Crippen molar-refractivity contribution in [3.05, 3.63) is 64.9 Å². The third-order valence-corrected chi connectivity index (χ3v) is 3.30. The highest BCUT2D eigenvalue weighted by molar-refractivity contribution is 5.77. The fraction of sp³-hybridized carbons (Fsp3) is 0.0667. The lowest BCUT2D eigenvalue weighted by atomic mass is 10.2. The van der Waals surface area contributed by atoms with Gasteiger partial charge < -0.3 is 8.94 Å². The molecule has 0 N–H and O–H groups in total. The van der Waals surface area contributed by atoms with Crippen molar-refractivity contribution in [2.24, 2.45) is 0 Å². The Morgan fingerprint density at radius 3 is 3.00 bits per heavy atom. The number of benzene rings is 1. The lowest BCUT2D eigenvalue weighted by Gasteiger charge is -2.03. The number of rotatable bonds is 3. The first-order valence-corrected chi connectivity index (χ1v) is 6.72. The van der Waals surface area contributed by atoms with E-state index in [4.69, 9.17) is 8.94 Å². The van der Waals surface area contributed by atoms with Crippen LogP contribution in [-0.4, -0.2) is 19.7 Å². The number of hydrogen-bond donors (Lipinski definition) is 0. The molecule has 4 rings (SSSR count). The van der Waals surface area contributed by atoms with Gasteiger partial charge in [-0.1, -0.05) is 5.16 Å². The first kappa shape index (κ1) is 13.4. The first-order valence-electron chi connectivity index (χ1n) is 6.72. The zero-order valence-corrected chi connectivity index (χ0v) is 11.6. The van der Waals surface area contributed by atoms with Crippen molar-refractivity contribution in [3.63, 3.8) is 0 Å². The molecule has 0 aliphatic carbocycles. The SMILES string of the molecule is O=c1c2ccc(F)cc2ncn1Cc1noc(-c2ccco2)n1. The third kappa shape index (κ3) is 2.39. The monoisotopic (exact) mass is 312 g/mol. The van der Waals surface area contributed by atoms with Crippen LogP contribution >= 0.6 is 0 Å². The molecule has 7 nitrogen and oxygen atoms in total. The fourth-order valence-electron chi connectivity index (χ4n) is 2.22. The summed E-state index contributed by atoms with van der Waals surface area (Å²) in [4.78, 5) is 20.6. The average molecular weight is 312 g/mol. The van der Waals surface area contributed by atoms with Crippen molar-refractivity contribution in [2.75, 3.05) is 0 Å². The normalized spacial score (nSPS) is 11.2. The topological polar surface area (TPSA) is 87.0 Å². The van der Waals surface area contributed by atoms with E-state index < -0.39 is 5.82 Å². The smallest absolute Gasteiger partial charge is 0.293 e.